The van der Waals surface area contributed by atoms with Crippen LogP contribution >= 0.6 is 15.6 Å². The van der Waals surface area contributed by atoms with Crippen molar-refractivity contribution in [1.29, 1.82) is 0 Å². The number of aliphatic hydroxyl groups excluding tert-OH is 1. The number of esters is 4. The molecule has 7 atom stereocenters. The van der Waals surface area contributed by atoms with Crippen LogP contribution in [0.25, 0.3) is 0 Å². The quantitative estimate of drug-likeness (QED) is 0.0222. The predicted molar refractivity (Wildman–Crippen MR) is 400 cm³/mol. The van der Waals surface area contributed by atoms with E-state index in [2.05, 4.69) is 55.4 Å². The van der Waals surface area contributed by atoms with Crippen molar-refractivity contribution in [2.45, 2.75) is 420 Å². The van der Waals surface area contributed by atoms with Gasteiger partial charge < -0.3 is 33.8 Å². The van der Waals surface area contributed by atoms with Crippen molar-refractivity contribution in [3.63, 3.8) is 0 Å². The molecule has 0 heterocycles. The van der Waals surface area contributed by atoms with Gasteiger partial charge in [-0.15, -0.1) is 0 Å². The first-order chi connectivity index (χ1) is 47.2. The zero-order chi connectivity index (χ0) is 72.4. The Morgan fingerprint density at radius 2 is 0.490 bits per heavy atom. The van der Waals surface area contributed by atoms with Gasteiger partial charge in [-0.25, -0.2) is 9.13 Å². The molecule has 0 amide bonds. The average Bonchev–Trinajstić information content (AvgIpc) is 1.03. The third-order valence-corrected chi connectivity index (χ3v) is 20.9. The van der Waals surface area contributed by atoms with E-state index >= 15 is 0 Å². The fraction of sp³-hybridized carbons (Fsp3) is 0.949. The molecule has 0 fully saturated rings. The Balaban J connectivity index is 5.17. The maximum atomic E-state index is 13.1. The summed E-state index contributed by atoms with van der Waals surface area (Å²) in [6.45, 7) is 14.2. The van der Waals surface area contributed by atoms with Gasteiger partial charge in [0.05, 0.1) is 26.4 Å². The van der Waals surface area contributed by atoms with Crippen molar-refractivity contribution in [1.82, 2.24) is 0 Å². The number of hydrogen-bond acceptors (Lipinski definition) is 15. The molecule has 17 nitrogen and oxygen atoms in total. The average molecular weight is 1440 g/mol. The number of unbranched alkanes of at least 4 members (excludes halogenated alkanes) is 40. The maximum Gasteiger partial charge on any atom is 0.472 e. The van der Waals surface area contributed by atoms with E-state index < -0.39 is 97.5 Å². The van der Waals surface area contributed by atoms with E-state index in [1.807, 2.05) is 0 Å². The lowest BCUT2D eigenvalue weighted by molar-refractivity contribution is -0.161. The molecule has 19 heteroatoms. The number of aliphatic hydroxyl groups is 1. The van der Waals surface area contributed by atoms with Crippen molar-refractivity contribution >= 4 is 39.5 Å². The lowest BCUT2D eigenvalue weighted by atomic mass is 9.99. The normalized spacial score (nSPS) is 14.6. The minimum atomic E-state index is -4.96. The number of ether oxygens (including phenoxy) is 4. The lowest BCUT2D eigenvalue weighted by Gasteiger charge is -2.21. The number of phosphoric ester groups is 2. The van der Waals surface area contributed by atoms with Crippen LogP contribution in [0.5, 0.6) is 0 Å². The largest absolute Gasteiger partial charge is 0.472 e. The van der Waals surface area contributed by atoms with Crippen LogP contribution in [0, 0.1) is 23.7 Å². The van der Waals surface area contributed by atoms with Crippen LogP contribution in [0.3, 0.4) is 0 Å². The molecule has 582 valence electrons. The minimum Gasteiger partial charge on any atom is -0.462 e. The molecule has 0 radical (unpaired) electrons. The molecule has 0 aliphatic heterocycles. The minimum absolute atomic E-state index is 0.106. The van der Waals surface area contributed by atoms with E-state index in [1.54, 1.807) is 0 Å². The Bertz CT molecular complexity index is 1920. The van der Waals surface area contributed by atoms with Crippen LogP contribution in [-0.4, -0.2) is 96.7 Å². The number of phosphoric acid groups is 2. The van der Waals surface area contributed by atoms with Crippen LogP contribution in [0.2, 0.25) is 0 Å². The van der Waals surface area contributed by atoms with Crippen LogP contribution < -0.4 is 0 Å². The van der Waals surface area contributed by atoms with Gasteiger partial charge in [0.25, 0.3) is 0 Å². The van der Waals surface area contributed by atoms with Gasteiger partial charge in [0, 0.05) is 25.7 Å². The molecule has 0 rings (SSSR count). The second-order valence-corrected chi connectivity index (χ2v) is 32.8. The number of carbonyl (C=O) groups is 4. The molecule has 0 bridgehead atoms. The van der Waals surface area contributed by atoms with Gasteiger partial charge in [-0.3, -0.25) is 37.3 Å². The van der Waals surface area contributed by atoms with Gasteiger partial charge >= 0.3 is 39.5 Å². The van der Waals surface area contributed by atoms with Crippen molar-refractivity contribution in [2.75, 3.05) is 39.6 Å². The lowest BCUT2D eigenvalue weighted by Crippen LogP contribution is -2.30. The first-order valence-electron chi connectivity index (χ1n) is 40.8. The summed E-state index contributed by atoms with van der Waals surface area (Å²) in [4.78, 5) is 72.9. The number of carbonyl (C=O) groups excluding carboxylic acids is 4. The summed E-state index contributed by atoms with van der Waals surface area (Å²) in [6, 6.07) is 0. The number of rotatable bonds is 76. The molecule has 0 aromatic carbocycles. The maximum absolute atomic E-state index is 13.1. The second-order valence-electron chi connectivity index (χ2n) is 29.9. The summed E-state index contributed by atoms with van der Waals surface area (Å²) < 4.78 is 68.6. The van der Waals surface area contributed by atoms with Gasteiger partial charge in [-0.1, -0.05) is 351 Å². The monoisotopic (exact) mass is 1440 g/mol. The van der Waals surface area contributed by atoms with Gasteiger partial charge in [-0.2, -0.15) is 0 Å². The summed E-state index contributed by atoms with van der Waals surface area (Å²) in [6.07, 6.45) is 54.3. The van der Waals surface area contributed by atoms with E-state index in [0.717, 1.165) is 120 Å². The fourth-order valence-electron chi connectivity index (χ4n) is 12.0. The molecule has 4 unspecified atom stereocenters. The van der Waals surface area contributed by atoms with Gasteiger partial charge in [-0.05, 0) is 49.4 Å². The molecular weight excluding hydrogens is 1280 g/mol. The SMILES string of the molecule is CCC(C)CCCCCCCCCCCCCCCCCCCCC(=O)O[C@H](COC(=O)CCCCCCCCC(C)CC)COP(=O)(O)OC[C@H](O)COP(=O)(O)OC[C@@H](COC(=O)CCCCCCCCCC(C)C)OC(=O)CCCCCCCCCCCCCCCC(C)C. The highest BCUT2D eigenvalue weighted by atomic mass is 31.2. The molecule has 0 aromatic heterocycles. The van der Waals surface area contributed by atoms with Crippen LogP contribution in [-0.2, 0) is 65.4 Å². The van der Waals surface area contributed by atoms with Crippen LogP contribution in [0.4, 0.5) is 0 Å². The molecule has 0 saturated heterocycles. The zero-order valence-electron chi connectivity index (χ0n) is 64.4. The summed E-state index contributed by atoms with van der Waals surface area (Å²) in [5.41, 5.74) is 0. The Kier molecular flexibility index (Phi) is 66.8. The summed E-state index contributed by atoms with van der Waals surface area (Å²) in [5.74, 6) is 0.973. The van der Waals surface area contributed by atoms with E-state index in [9.17, 15) is 43.2 Å². The first-order valence-corrected chi connectivity index (χ1v) is 43.8. The number of hydrogen-bond donors (Lipinski definition) is 3. The Labute approximate surface area is 600 Å². The molecule has 3 N–H and O–H groups in total. The Hall–Kier alpha value is -1.94. The van der Waals surface area contributed by atoms with Crippen molar-refractivity contribution in [2.24, 2.45) is 23.7 Å². The van der Waals surface area contributed by atoms with E-state index in [1.165, 1.54) is 193 Å². The highest BCUT2D eigenvalue weighted by Crippen LogP contribution is 2.45. The molecule has 0 saturated carbocycles. The van der Waals surface area contributed by atoms with E-state index in [0.29, 0.717) is 31.6 Å². The topological polar surface area (TPSA) is 237 Å². The van der Waals surface area contributed by atoms with E-state index in [-0.39, 0.29) is 25.7 Å². The third-order valence-electron chi connectivity index (χ3n) is 19.0. The van der Waals surface area contributed by atoms with Crippen molar-refractivity contribution in [3.05, 3.63) is 0 Å². The second kappa shape index (κ2) is 68.2. The summed E-state index contributed by atoms with van der Waals surface area (Å²) in [7, 11) is -9.92. The molecule has 0 aliphatic carbocycles. The van der Waals surface area contributed by atoms with Gasteiger partial charge in [0.2, 0.25) is 0 Å². The fourth-order valence-corrected chi connectivity index (χ4v) is 13.6. The summed E-state index contributed by atoms with van der Waals surface area (Å²) in [5, 5.41) is 10.6. The standard InChI is InChI=1S/C79H154O17P2/c1-9-71(7)57-49-41-33-27-23-19-15-13-11-12-14-16-20-24-28-34-45-53-61-79(84)96-75(66-90-77(82)60-52-44-38-37-42-50-58-72(8)10-2)68-94-98(87,88)92-64-73(80)63-91-97(85,86)93-67-74(65-89-76(81)59-51-43-36-30-32-40-48-56-70(5)6)95-78(83)62-54-46-35-29-25-21-17-18-22-26-31-39-47-55-69(3)4/h69-75,80H,9-68H2,1-8H3,(H,85,86)(H,87,88)/t71?,72?,73-,74-,75-/m1/s1. The molecule has 0 aliphatic rings. The van der Waals surface area contributed by atoms with Gasteiger partial charge in [0.1, 0.15) is 19.3 Å². The molecule has 98 heavy (non-hydrogen) atoms. The highest BCUT2D eigenvalue weighted by molar-refractivity contribution is 7.47. The molecule has 0 spiro atoms. The van der Waals surface area contributed by atoms with Crippen molar-refractivity contribution in [3.8, 4) is 0 Å². The van der Waals surface area contributed by atoms with E-state index in [4.69, 9.17) is 37.0 Å². The van der Waals surface area contributed by atoms with Crippen LogP contribution in [0.15, 0.2) is 0 Å². The van der Waals surface area contributed by atoms with Crippen LogP contribution in [0.1, 0.15) is 402 Å². The van der Waals surface area contributed by atoms with Crippen molar-refractivity contribution < 1.29 is 80.2 Å². The first kappa shape index (κ1) is 96.1. The Morgan fingerprint density at radius 3 is 0.724 bits per heavy atom. The zero-order valence-corrected chi connectivity index (χ0v) is 66.2. The molecule has 0 aromatic rings. The smallest absolute Gasteiger partial charge is 0.462 e. The predicted octanol–water partition coefficient (Wildman–Crippen LogP) is 23.2. The molecular formula is C79H154O17P2. The summed E-state index contributed by atoms with van der Waals surface area (Å²) >= 11 is 0. The highest BCUT2D eigenvalue weighted by Gasteiger charge is 2.30. The Morgan fingerprint density at radius 1 is 0.286 bits per heavy atom. The third kappa shape index (κ3) is 69.8. The van der Waals surface area contributed by atoms with Gasteiger partial charge in [0.15, 0.2) is 12.2 Å².